The molecule has 1 fully saturated rings. The quantitative estimate of drug-likeness (QED) is 0.313. The van der Waals surface area contributed by atoms with Crippen molar-refractivity contribution in [3.63, 3.8) is 0 Å². The monoisotopic (exact) mass is 472 g/mol. The molecule has 0 unspecified atom stereocenters. The molecule has 5 nitrogen and oxygen atoms in total. The van der Waals surface area contributed by atoms with Gasteiger partial charge in [0.15, 0.2) is 0 Å². The molecule has 1 heterocycles. The number of hydrogen-bond donors (Lipinski definition) is 1. The largest absolute Gasteiger partial charge is 0.480 e. The maximum Gasteiger partial charge on any atom is 0.329 e. The number of halogens is 1. The second-order valence-electron chi connectivity index (χ2n) is 6.05. The maximum absolute atomic E-state index is 12.6. The van der Waals surface area contributed by atoms with E-state index >= 15 is 0 Å². The Labute approximate surface area is 171 Å². The maximum atomic E-state index is 12.6. The number of terminal acetylenes is 1. The van der Waals surface area contributed by atoms with E-state index in [1.807, 2.05) is 43.3 Å². The summed E-state index contributed by atoms with van der Waals surface area (Å²) >= 11 is 2.14. The minimum Gasteiger partial charge on any atom is -0.480 e. The van der Waals surface area contributed by atoms with Gasteiger partial charge in [-0.05, 0) is 58.9 Å². The summed E-state index contributed by atoms with van der Waals surface area (Å²) in [6, 6.07) is 12.8. The molecule has 6 heteroatoms. The van der Waals surface area contributed by atoms with Crippen molar-refractivity contribution < 1.29 is 14.3 Å². The van der Waals surface area contributed by atoms with Crippen LogP contribution in [0.2, 0.25) is 0 Å². The van der Waals surface area contributed by atoms with Crippen LogP contribution in [0.5, 0.6) is 5.75 Å². The van der Waals surface area contributed by atoms with Crippen LogP contribution in [0.1, 0.15) is 16.7 Å². The molecule has 1 N–H and O–H groups in total. The number of benzene rings is 2. The van der Waals surface area contributed by atoms with Crippen LogP contribution >= 0.6 is 22.6 Å². The van der Waals surface area contributed by atoms with Gasteiger partial charge in [-0.1, -0.05) is 41.8 Å². The number of carbonyl (C=O) groups is 2. The number of amides is 3. The normalized spacial score (nSPS) is 15.0. The van der Waals surface area contributed by atoms with Crippen molar-refractivity contribution in [2.75, 3.05) is 6.61 Å². The molecule has 27 heavy (non-hydrogen) atoms. The van der Waals surface area contributed by atoms with Crippen molar-refractivity contribution in [2.24, 2.45) is 0 Å². The number of ether oxygens (including phenoxy) is 1. The number of nitrogens with one attached hydrogen (secondary N) is 1. The van der Waals surface area contributed by atoms with E-state index in [2.05, 4.69) is 33.8 Å². The van der Waals surface area contributed by atoms with Crippen molar-refractivity contribution in [1.82, 2.24) is 10.2 Å². The first kappa shape index (κ1) is 19.0. The number of rotatable bonds is 5. The lowest BCUT2D eigenvalue weighted by molar-refractivity contribution is -0.123. The topological polar surface area (TPSA) is 58.6 Å². The van der Waals surface area contributed by atoms with Crippen molar-refractivity contribution >= 4 is 40.6 Å². The van der Waals surface area contributed by atoms with Gasteiger partial charge in [-0.15, -0.1) is 6.42 Å². The minimum atomic E-state index is -0.420. The van der Waals surface area contributed by atoms with Crippen molar-refractivity contribution in [2.45, 2.75) is 13.5 Å². The number of imide groups is 1. The number of hydrogen-bond acceptors (Lipinski definition) is 3. The Bertz CT molecular complexity index is 976. The molecule has 1 saturated heterocycles. The van der Waals surface area contributed by atoms with Gasteiger partial charge in [-0.25, -0.2) is 4.79 Å². The fourth-order valence-corrected chi connectivity index (χ4v) is 3.41. The number of carbonyl (C=O) groups excluding carboxylic acids is 2. The highest BCUT2D eigenvalue weighted by Gasteiger charge is 2.33. The lowest BCUT2D eigenvalue weighted by atomic mass is 10.1. The Morgan fingerprint density at radius 2 is 2.07 bits per heavy atom. The molecule has 3 rings (SSSR count). The minimum absolute atomic E-state index is 0.193. The van der Waals surface area contributed by atoms with Crippen molar-refractivity contribution in [3.05, 3.63) is 68.4 Å². The Morgan fingerprint density at radius 1 is 1.26 bits per heavy atom. The van der Waals surface area contributed by atoms with Gasteiger partial charge in [-0.2, -0.15) is 0 Å². The van der Waals surface area contributed by atoms with E-state index in [4.69, 9.17) is 11.2 Å². The zero-order chi connectivity index (χ0) is 19.4. The fraction of sp³-hybridized carbons (Fsp3) is 0.143. The molecule has 3 amide bonds. The van der Waals surface area contributed by atoms with Gasteiger partial charge in [0.25, 0.3) is 5.91 Å². The van der Waals surface area contributed by atoms with E-state index in [1.165, 1.54) is 4.90 Å². The van der Waals surface area contributed by atoms with Gasteiger partial charge < -0.3 is 10.1 Å². The summed E-state index contributed by atoms with van der Waals surface area (Å²) < 4.78 is 6.30. The predicted molar refractivity (Wildman–Crippen MR) is 112 cm³/mol. The number of aryl methyl sites for hydroxylation is 1. The molecular formula is C21H17IN2O3. The van der Waals surface area contributed by atoms with Crippen LogP contribution in [0.4, 0.5) is 4.79 Å². The molecule has 0 atom stereocenters. The van der Waals surface area contributed by atoms with E-state index < -0.39 is 6.03 Å². The Kier molecular flexibility index (Phi) is 5.81. The van der Waals surface area contributed by atoms with Crippen LogP contribution < -0.4 is 10.1 Å². The van der Waals surface area contributed by atoms with Crippen LogP contribution in [-0.4, -0.2) is 23.4 Å². The van der Waals surface area contributed by atoms with Crippen molar-refractivity contribution in [1.29, 1.82) is 0 Å². The molecule has 1 aliphatic rings. The van der Waals surface area contributed by atoms with E-state index in [9.17, 15) is 9.59 Å². The summed E-state index contributed by atoms with van der Waals surface area (Å²) in [6.07, 6.45) is 6.86. The zero-order valence-electron chi connectivity index (χ0n) is 14.7. The summed E-state index contributed by atoms with van der Waals surface area (Å²) in [5.74, 6) is 2.76. The zero-order valence-corrected chi connectivity index (χ0v) is 16.8. The molecule has 2 aromatic carbocycles. The molecule has 2 aromatic rings. The second kappa shape index (κ2) is 8.27. The van der Waals surface area contributed by atoms with Crippen molar-refractivity contribution in [3.8, 4) is 18.1 Å². The fourth-order valence-electron chi connectivity index (χ4n) is 2.72. The number of nitrogens with zero attached hydrogens (tertiary/aromatic N) is 1. The molecule has 1 aliphatic heterocycles. The molecule has 0 saturated carbocycles. The van der Waals surface area contributed by atoms with Crippen LogP contribution in [0, 0.1) is 22.8 Å². The highest BCUT2D eigenvalue weighted by Crippen LogP contribution is 2.24. The average molecular weight is 472 g/mol. The first-order chi connectivity index (χ1) is 13.0. The summed E-state index contributed by atoms with van der Waals surface area (Å²) in [5, 5.41) is 2.64. The molecular weight excluding hydrogens is 455 g/mol. The Balaban J connectivity index is 1.78. The third-order valence-corrected chi connectivity index (χ3v) is 4.81. The average Bonchev–Trinajstić information content (AvgIpc) is 2.89. The number of urea groups is 1. The SMILES string of the molecule is C#CCOc1ccc(/C=C2/NC(=O)N(Cc3cccc(C)c3)C2=O)cc1I. The van der Waals surface area contributed by atoms with E-state index in [-0.39, 0.29) is 24.8 Å². The standard InChI is InChI=1S/C21H17IN2O3/c1-3-9-27-19-8-7-15(11-17(19)22)12-18-20(25)24(21(26)23-18)13-16-6-4-5-14(2)10-16/h1,4-8,10-12H,9,13H2,2H3,(H,23,26)/b18-12+. The molecule has 136 valence electrons. The van der Waals surface area contributed by atoms with Crippen LogP contribution in [-0.2, 0) is 11.3 Å². The smallest absolute Gasteiger partial charge is 0.329 e. The molecule has 0 spiro atoms. The van der Waals surface area contributed by atoms with Gasteiger partial charge in [0.1, 0.15) is 18.1 Å². The van der Waals surface area contributed by atoms with E-state index in [0.29, 0.717) is 5.75 Å². The summed E-state index contributed by atoms with van der Waals surface area (Å²) in [5.41, 5.74) is 3.02. The van der Waals surface area contributed by atoms with Gasteiger partial charge in [-0.3, -0.25) is 9.69 Å². The lowest BCUT2D eigenvalue weighted by Crippen LogP contribution is -2.30. The van der Waals surface area contributed by atoms with Gasteiger partial charge >= 0.3 is 6.03 Å². The second-order valence-corrected chi connectivity index (χ2v) is 7.21. The third kappa shape index (κ3) is 4.49. The molecule has 0 aliphatic carbocycles. The Hall–Kier alpha value is -2.79. The highest BCUT2D eigenvalue weighted by atomic mass is 127. The molecule has 0 radical (unpaired) electrons. The summed E-state index contributed by atoms with van der Waals surface area (Å²) in [4.78, 5) is 26.1. The highest BCUT2D eigenvalue weighted by molar-refractivity contribution is 14.1. The van der Waals surface area contributed by atoms with Gasteiger partial charge in [0.05, 0.1) is 10.1 Å². The lowest BCUT2D eigenvalue weighted by Gasteiger charge is -2.12. The van der Waals surface area contributed by atoms with Gasteiger partial charge in [0, 0.05) is 0 Å². The first-order valence-electron chi connectivity index (χ1n) is 8.24. The molecule has 0 bridgehead atoms. The first-order valence-corrected chi connectivity index (χ1v) is 9.31. The van der Waals surface area contributed by atoms with Crippen LogP contribution in [0.3, 0.4) is 0 Å². The van der Waals surface area contributed by atoms with E-state index in [0.717, 1.165) is 20.3 Å². The predicted octanol–water partition coefficient (Wildman–Crippen LogP) is 3.70. The summed E-state index contributed by atoms with van der Waals surface area (Å²) in [7, 11) is 0. The summed E-state index contributed by atoms with van der Waals surface area (Å²) in [6.45, 7) is 2.40. The molecule has 0 aromatic heterocycles. The van der Waals surface area contributed by atoms with Crippen LogP contribution in [0.15, 0.2) is 48.2 Å². The third-order valence-electron chi connectivity index (χ3n) is 3.96. The van der Waals surface area contributed by atoms with Crippen LogP contribution in [0.25, 0.3) is 6.08 Å². The Morgan fingerprint density at radius 3 is 2.78 bits per heavy atom. The van der Waals surface area contributed by atoms with Gasteiger partial charge in [0.2, 0.25) is 0 Å². The van der Waals surface area contributed by atoms with E-state index in [1.54, 1.807) is 12.1 Å².